The van der Waals surface area contributed by atoms with Gasteiger partial charge in [-0.3, -0.25) is 0 Å². The molecule has 1 heteroatoms. The Balaban J connectivity index is 1.54. The second-order valence-electron chi connectivity index (χ2n) is 12.2. The standard InChI is InChI=1S/C30H46O/c1-20-18-22(3)23(4)25(19-20)12-13-26-8-7-16-30(6)27(15-17-29(26,30)5)21(2)9-14-28(31)24-10-11-24/h9,12-14,20-22,24,27-28,31H,4,7-8,10-11,15-19H2,1-3,5-6H3/b14-9+,25-12+,26-13+/t20-,21+,22-,27?,28-,29-,30+/m0/s1. The van der Waals surface area contributed by atoms with E-state index in [9.17, 15) is 5.11 Å². The van der Waals surface area contributed by atoms with Crippen molar-refractivity contribution in [2.45, 2.75) is 98.5 Å². The van der Waals surface area contributed by atoms with Gasteiger partial charge in [0.2, 0.25) is 0 Å². The van der Waals surface area contributed by atoms with Crippen molar-refractivity contribution in [2.75, 3.05) is 0 Å². The van der Waals surface area contributed by atoms with Gasteiger partial charge in [-0.15, -0.1) is 0 Å². The second-order valence-corrected chi connectivity index (χ2v) is 12.2. The summed E-state index contributed by atoms with van der Waals surface area (Å²) in [5.41, 5.74) is 5.21. The van der Waals surface area contributed by atoms with Crippen LogP contribution >= 0.6 is 0 Å². The smallest absolute Gasteiger partial charge is 0.0749 e. The largest absolute Gasteiger partial charge is 0.389 e. The van der Waals surface area contributed by atoms with Gasteiger partial charge in [0, 0.05) is 0 Å². The van der Waals surface area contributed by atoms with Crippen LogP contribution in [0, 0.1) is 40.4 Å². The average molecular weight is 423 g/mol. The molecular weight excluding hydrogens is 376 g/mol. The molecule has 0 aromatic heterocycles. The van der Waals surface area contributed by atoms with E-state index in [4.69, 9.17) is 0 Å². The van der Waals surface area contributed by atoms with E-state index in [1.54, 1.807) is 5.57 Å². The molecular formula is C30H46O. The first-order chi connectivity index (χ1) is 14.7. The Bertz CT molecular complexity index is 780. The van der Waals surface area contributed by atoms with Crippen LogP contribution in [0.2, 0.25) is 0 Å². The molecule has 4 rings (SSSR count). The zero-order chi connectivity index (χ0) is 22.4. The van der Waals surface area contributed by atoms with E-state index in [0.717, 1.165) is 5.92 Å². The van der Waals surface area contributed by atoms with Crippen LogP contribution in [0.3, 0.4) is 0 Å². The monoisotopic (exact) mass is 422 g/mol. The molecule has 0 radical (unpaired) electrons. The van der Waals surface area contributed by atoms with Crippen LogP contribution in [-0.2, 0) is 0 Å². The van der Waals surface area contributed by atoms with E-state index in [-0.39, 0.29) is 6.10 Å². The maximum absolute atomic E-state index is 10.3. The quantitative estimate of drug-likeness (QED) is 0.445. The Hall–Kier alpha value is -1.08. The third-order valence-corrected chi connectivity index (χ3v) is 10.1. The predicted octanol–water partition coefficient (Wildman–Crippen LogP) is 8.03. The number of allylic oxidation sites excluding steroid dienone is 6. The van der Waals surface area contributed by atoms with Crippen LogP contribution < -0.4 is 0 Å². The van der Waals surface area contributed by atoms with E-state index >= 15 is 0 Å². The zero-order valence-electron chi connectivity index (χ0n) is 20.8. The van der Waals surface area contributed by atoms with E-state index in [1.807, 2.05) is 0 Å². The van der Waals surface area contributed by atoms with Crippen LogP contribution in [-0.4, -0.2) is 11.2 Å². The van der Waals surface area contributed by atoms with Gasteiger partial charge in [0.05, 0.1) is 6.10 Å². The highest BCUT2D eigenvalue weighted by molar-refractivity contribution is 5.38. The summed E-state index contributed by atoms with van der Waals surface area (Å²) in [5.74, 6) is 3.17. The molecule has 0 saturated heterocycles. The molecule has 0 heterocycles. The van der Waals surface area contributed by atoms with E-state index in [2.05, 4.69) is 65.5 Å². The summed E-state index contributed by atoms with van der Waals surface area (Å²) >= 11 is 0. The second kappa shape index (κ2) is 8.69. The Kier molecular flexibility index (Phi) is 6.48. The normalized spacial score (nSPS) is 43.5. The highest BCUT2D eigenvalue weighted by Crippen LogP contribution is 2.66. The minimum atomic E-state index is -0.218. The molecule has 0 aliphatic heterocycles. The van der Waals surface area contributed by atoms with Gasteiger partial charge >= 0.3 is 0 Å². The van der Waals surface area contributed by atoms with Crippen LogP contribution in [0.15, 0.2) is 47.6 Å². The first kappa shape index (κ1) is 23.1. The third-order valence-electron chi connectivity index (χ3n) is 10.1. The number of aliphatic hydroxyl groups excluding tert-OH is 1. The summed E-state index contributed by atoms with van der Waals surface area (Å²) in [5, 5.41) is 10.3. The fourth-order valence-electron chi connectivity index (χ4n) is 7.52. The topological polar surface area (TPSA) is 20.2 Å². The van der Waals surface area contributed by atoms with Crippen molar-refractivity contribution in [2.24, 2.45) is 40.4 Å². The summed E-state index contributed by atoms with van der Waals surface area (Å²) < 4.78 is 0. The highest BCUT2D eigenvalue weighted by Gasteiger charge is 2.57. The van der Waals surface area contributed by atoms with E-state index in [1.165, 1.54) is 68.9 Å². The summed E-state index contributed by atoms with van der Waals surface area (Å²) in [4.78, 5) is 0. The van der Waals surface area contributed by atoms with Gasteiger partial charge in [-0.2, -0.15) is 0 Å². The molecule has 7 atom stereocenters. The van der Waals surface area contributed by atoms with Crippen molar-refractivity contribution in [3.63, 3.8) is 0 Å². The molecule has 172 valence electrons. The van der Waals surface area contributed by atoms with Crippen molar-refractivity contribution in [1.29, 1.82) is 0 Å². The first-order valence-electron chi connectivity index (χ1n) is 13.1. The van der Waals surface area contributed by atoms with Gasteiger partial charge in [0.1, 0.15) is 0 Å². The molecule has 0 aromatic carbocycles. The summed E-state index contributed by atoms with van der Waals surface area (Å²) in [7, 11) is 0. The molecule has 0 bridgehead atoms. The fourth-order valence-corrected chi connectivity index (χ4v) is 7.52. The van der Waals surface area contributed by atoms with Crippen LogP contribution in [0.25, 0.3) is 0 Å². The molecule has 0 aromatic rings. The maximum Gasteiger partial charge on any atom is 0.0749 e. The van der Waals surface area contributed by atoms with Crippen molar-refractivity contribution in [3.05, 3.63) is 47.6 Å². The molecule has 0 spiro atoms. The number of fused-ring (bicyclic) bond motifs is 1. The number of hydrogen-bond acceptors (Lipinski definition) is 1. The fraction of sp³-hybridized carbons (Fsp3) is 0.733. The van der Waals surface area contributed by atoms with Crippen molar-refractivity contribution in [3.8, 4) is 0 Å². The van der Waals surface area contributed by atoms with Gasteiger partial charge in [-0.1, -0.05) is 71.1 Å². The highest BCUT2D eigenvalue weighted by atomic mass is 16.3. The van der Waals surface area contributed by atoms with E-state index in [0.29, 0.717) is 34.5 Å². The number of rotatable bonds is 5. The van der Waals surface area contributed by atoms with Crippen LogP contribution in [0.1, 0.15) is 92.4 Å². The lowest BCUT2D eigenvalue weighted by Gasteiger charge is -2.51. The Morgan fingerprint density at radius 3 is 2.52 bits per heavy atom. The number of aliphatic hydroxyl groups is 1. The van der Waals surface area contributed by atoms with Crippen molar-refractivity contribution >= 4 is 0 Å². The third kappa shape index (κ3) is 4.29. The average Bonchev–Trinajstić information content (AvgIpc) is 3.52. The molecule has 4 aliphatic carbocycles. The van der Waals surface area contributed by atoms with E-state index < -0.39 is 0 Å². The first-order valence-corrected chi connectivity index (χ1v) is 13.1. The predicted molar refractivity (Wildman–Crippen MR) is 133 cm³/mol. The van der Waals surface area contributed by atoms with Gasteiger partial charge in [0.25, 0.3) is 0 Å². The Morgan fingerprint density at radius 2 is 1.81 bits per heavy atom. The summed E-state index contributed by atoms with van der Waals surface area (Å²) in [6.07, 6.45) is 20.6. The summed E-state index contributed by atoms with van der Waals surface area (Å²) in [6, 6.07) is 0. The number of hydrogen-bond donors (Lipinski definition) is 1. The molecule has 31 heavy (non-hydrogen) atoms. The lowest BCUT2D eigenvalue weighted by molar-refractivity contribution is 0.0455. The molecule has 1 unspecified atom stereocenters. The minimum Gasteiger partial charge on any atom is -0.389 e. The van der Waals surface area contributed by atoms with Crippen LogP contribution in [0.4, 0.5) is 0 Å². The lowest BCUT2D eigenvalue weighted by Crippen LogP contribution is -2.42. The Morgan fingerprint density at radius 1 is 1.06 bits per heavy atom. The molecule has 1 N–H and O–H groups in total. The maximum atomic E-state index is 10.3. The molecule has 4 fully saturated rings. The van der Waals surface area contributed by atoms with Gasteiger partial charge in [-0.05, 0) is 109 Å². The summed E-state index contributed by atoms with van der Waals surface area (Å²) in [6.45, 7) is 16.7. The zero-order valence-corrected chi connectivity index (χ0v) is 20.8. The molecule has 4 saturated carbocycles. The van der Waals surface area contributed by atoms with Gasteiger partial charge < -0.3 is 5.11 Å². The Labute approximate surface area is 191 Å². The van der Waals surface area contributed by atoms with Gasteiger partial charge in [-0.25, -0.2) is 0 Å². The lowest BCUT2D eigenvalue weighted by atomic mass is 9.53. The van der Waals surface area contributed by atoms with Crippen LogP contribution in [0.5, 0.6) is 0 Å². The SMILES string of the molecule is C=C1/C(=C/C=C2\CCC[C@]3(C)C([C@H](C)/C=C/[C@H](O)C4CC4)CC[C@@]23C)C[C@@H](C)C[C@@H]1C. The molecule has 1 nitrogen and oxygen atoms in total. The molecule has 0 amide bonds. The molecule has 4 aliphatic rings. The van der Waals surface area contributed by atoms with Crippen molar-refractivity contribution in [1.82, 2.24) is 0 Å². The van der Waals surface area contributed by atoms with Gasteiger partial charge in [0.15, 0.2) is 0 Å². The van der Waals surface area contributed by atoms with Crippen molar-refractivity contribution < 1.29 is 5.11 Å². The minimum absolute atomic E-state index is 0.218.